The molecule has 0 saturated carbocycles. The second-order valence-corrected chi connectivity index (χ2v) is 6.27. The van der Waals surface area contributed by atoms with Gasteiger partial charge in [0, 0.05) is 11.9 Å². The van der Waals surface area contributed by atoms with Crippen LogP contribution in [0.2, 0.25) is 9.36 Å². The molecular weight excluding hydrogens is 303 g/mol. The molecule has 0 unspecified atom stereocenters. The average Bonchev–Trinajstić information content (AvgIpc) is 2.77. The van der Waals surface area contributed by atoms with E-state index < -0.39 is 0 Å². The van der Waals surface area contributed by atoms with Crippen LogP contribution in [0.3, 0.4) is 0 Å². The number of anilines is 1. The van der Waals surface area contributed by atoms with Crippen molar-refractivity contribution in [1.82, 2.24) is 4.90 Å². The summed E-state index contributed by atoms with van der Waals surface area (Å²) >= 11 is 13.2. The molecule has 100 valence electrons. The molecule has 0 fully saturated rings. The number of carbonyl (C=O) groups is 1. The number of para-hydroxylation sites is 1. The number of nitrogens with two attached hydrogens (primary N) is 1. The van der Waals surface area contributed by atoms with Crippen molar-refractivity contribution in [2.24, 2.45) is 0 Å². The summed E-state index contributed by atoms with van der Waals surface area (Å²) in [7, 11) is 1.72. The third kappa shape index (κ3) is 3.21. The molecule has 0 atom stereocenters. The molecule has 1 aromatic heterocycles. The maximum atomic E-state index is 12.3. The monoisotopic (exact) mass is 314 g/mol. The van der Waals surface area contributed by atoms with Gasteiger partial charge in [-0.05, 0) is 24.3 Å². The zero-order valence-electron chi connectivity index (χ0n) is 10.2. The number of hydrogen-bond donors (Lipinski definition) is 1. The fourth-order valence-corrected chi connectivity index (χ4v) is 2.99. The van der Waals surface area contributed by atoms with E-state index in [0.29, 0.717) is 27.2 Å². The summed E-state index contributed by atoms with van der Waals surface area (Å²) in [6.45, 7) is 0.488. The van der Waals surface area contributed by atoms with Crippen molar-refractivity contribution in [2.75, 3.05) is 12.8 Å². The fourth-order valence-electron chi connectivity index (χ4n) is 1.67. The summed E-state index contributed by atoms with van der Waals surface area (Å²) in [5.41, 5.74) is 6.55. The Balaban J connectivity index is 2.17. The SMILES string of the molecule is CN(Cc1ccc(Cl)s1)C(=O)c1cccc(Cl)c1N. The molecule has 0 aliphatic rings. The lowest BCUT2D eigenvalue weighted by Crippen LogP contribution is -2.26. The van der Waals surface area contributed by atoms with Crippen LogP contribution in [-0.4, -0.2) is 17.9 Å². The first-order valence-electron chi connectivity index (χ1n) is 5.52. The predicted octanol–water partition coefficient (Wildman–Crippen LogP) is 3.91. The summed E-state index contributed by atoms with van der Waals surface area (Å²) in [6.07, 6.45) is 0. The highest BCUT2D eigenvalue weighted by Gasteiger charge is 2.16. The number of halogens is 2. The molecule has 0 aliphatic heterocycles. The largest absolute Gasteiger partial charge is 0.397 e. The van der Waals surface area contributed by atoms with Crippen LogP contribution in [0.1, 0.15) is 15.2 Å². The number of rotatable bonds is 3. The smallest absolute Gasteiger partial charge is 0.256 e. The second kappa shape index (κ2) is 5.82. The van der Waals surface area contributed by atoms with E-state index in [1.54, 1.807) is 30.1 Å². The molecule has 1 heterocycles. The first-order valence-corrected chi connectivity index (χ1v) is 7.10. The zero-order chi connectivity index (χ0) is 14.0. The normalized spacial score (nSPS) is 10.5. The van der Waals surface area contributed by atoms with Crippen molar-refractivity contribution in [3.05, 3.63) is 50.1 Å². The van der Waals surface area contributed by atoms with Crippen molar-refractivity contribution >= 4 is 46.1 Å². The molecule has 3 nitrogen and oxygen atoms in total. The van der Waals surface area contributed by atoms with E-state index in [4.69, 9.17) is 28.9 Å². The third-order valence-corrected chi connectivity index (χ3v) is 4.20. The van der Waals surface area contributed by atoms with Gasteiger partial charge in [0.25, 0.3) is 5.91 Å². The lowest BCUT2D eigenvalue weighted by atomic mass is 10.1. The first-order chi connectivity index (χ1) is 8.99. The van der Waals surface area contributed by atoms with Crippen molar-refractivity contribution in [1.29, 1.82) is 0 Å². The third-order valence-electron chi connectivity index (χ3n) is 2.65. The molecule has 19 heavy (non-hydrogen) atoms. The molecule has 0 radical (unpaired) electrons. The van der Waals surface area contributed by atoms with Gasteiger partial charge in [-0.1, -0.05) is 29.3 Å². The number of amides is 1. The first kappa shape index (κ1) is 14.2. The van der Waals surface area contributed by atoms with Crippen LogP contribution in [0.4, 0.5) is 5.69 Å². The topological polar surface area (TPSA) is 46.3 Å². The second-order valence-electron chi connectivity index (χ2n) is 4.07. The summed E-state index contributed by atoms with van der Waals surface area (Å²) in [5, 5.41) is 0.387. The molecule has 6 heteroatoms. The van der Waals surface area contributed by atoms with Crippen LogP contribution in [0, 0.1) is 0 Å². The molecule has 1 aromatic carbocycles. The standard InChI is InChI=1S/C13H12Cl2N2OS/c1-17(7-8-5-6-11(15)19-8)13(18)9-3-2-4-10(14)12(9)16/h2-6H,7,16H2,1H3. The number of nitrogens with zero attached hydrogens (tertiary/aromatic N) is 1. The van der Waals surface area contributed by atoms with Gasteiger partial charge in [-0.25, -0.2) is 0 Å². The van der Waals surface area contributed by atoms with Crippen LogP contribution in [0.5, 0.6) is 0 Å². The lowest BCUT2D eigenvalue weighted by Gasteiger charge is -2.17. The molecule has 2 aromatic rings. The Kier molecular flexibility index (Phi) is 4.34. The van der Waals surface area contributed by atoms with Crippen molar-refractivity contribution in [2.45, 2.75) is 6.54 Å². The van der Waals surface area contributed by atoms with Crippen LogP contribution in [-0.2, 0) is 6.54 Å². The van der Waals surface area contributed by atoms with Gasteiger partial charge in [-0.3, -0.25) is 4.79 Å². The van der Waals surface area contributed by atoms with Gasteiger partial charge in [0.1, 0.15) is 0 Å². The Bertz CT molecular complexity index is 612. The minimum absolute atomic E-state index is 0.162. The number of nitrogen functional groups attached to an aromatic ring is 1. The zero-order valence-corrected chi connectivity index (χ0v) is 12.5. The molecule has 2 rings (SSSR count). The quantitative estimate of drug-likeness (QED) is 0.873. The summed E-state index contributed by atoms with van der Waals surface area (Å²) in [4.78, 5) is 14.9. The summed E-state index contributed by atoms with van der Waals surface area (Å²) < 4.78 is 0.707. The predicted molar refractivity (Wildman–Crippen MR) is 81.0 cm³/mol. The van der Waals surface area contributed by atoms with Crippen molar-refractivity contribution in [3.8, 4) is 0 Å². The number of carbonyl (C=O) groups excluding carboxylic acids is 1. The maximum absolute atomic E-state index is 12.3. The van der Waals surface area contributed by atoms with Crippen LogP contribution in [0.15, 0.2) is 30.3 Å². The summed E-state index contributed by atoms with van der Waals surface area (Å²) in [5.74, 6) is -0.162. The van der Waals surface area contributed by atoms with E-state index in [9.17, 15) is 4.79 Å². The Morgan fingerprint density at radius 2 is 2.05 bits per heavy atom. The van der Waals surface area contributed by atoms with Gasteiger partial charge in [0.05, 0.1) is 27.2 Å². The fraction of sp³-hybridized carbons (Fsp3) is 0.154. The van der Waals surface area contributed by atoms with Gasteiger partial charge < -0.3 is 10.6 Å². The minimum atomic E-state index is -0.162. The van der Waals surface area contributed by atoms with Crippen LogP contribution < -0.4 is 5.73 Å². The van der Waals surface area contributed by atoms with E-state index in [1.165, 1.54) is 11.3 Å². The maximum Gasteiger partial charge on any atom is 0.256 e. The van der Waals surface area contributed by atoms with Gasteiger partial charge in [-0.2, -0.15) is 0 Å². The summed E-state index contributed by atoms with van der Waals surface area (Å²) in [6, 6.07) is 8.75. The van der Waals surface area contributed by atoms with Gasteiger partial charge in [0.15, 0.2) is 0 Å². The highest BCUT2D eigenvalue weighted by Crippen LogP contribution is 2.25. The van der Waals surface area contributed by atoms with E-state index in [1.807, 2.05) is 12.1 Å². The van der Waals surface area contributed by atoms with E-state index >= 15 is 0 Å². The molecule has 0 saturated heterocycles. The molecule has 0 bridgehead atoms. The highest BCUT2D eigenvalue weighted by atomic mass is 35.5. The molecular formula is C13H12Cl2N2OS. The average molecular weight is 315 g/mol. The van der Waals surface area contributed by atoms with Crippen LogP contribution in [0.25, 0.3) is 0 Å². The van der Waals surface area contributed by atoms with Gasteiger partial charge in [-0.15, -0.1) is 11.3 Å². The molecule has 0 aliphatic carbocycles. The molecule has 1 amide bonds. The van der Waals surface area contributed by atoms with Gasteiger partial charge in [0.2, 0.25) is 0 Å². The molecule has 2 N–H and O–H groups in total. The Labute approximate surface area is 125 Å². The van der Waals surface area contributed by atoms with E-state index in [-0.39, 0.29) is 5.91 Å². The van der Waals surface area contributed by atoms with Crippen LogP contribution >= 0.6 is 34.5 Å². The number of hydrogen-bond acceptors (Lipinski definition) is 3. The minimum Gasteiger partial charge on any atom is -0.397 e. The number of thiophene rings is 1. The lowest BCUT2D eigenvalue weighted by molar-refractivity contribution is 0.0787. The highest BCUT2D eigenvalue weighted by molar-refractivity contribution is 7.16. The van der Waals surface area contributed by atoms with Crippen molar-refractivity contribution in [3.63, 3.8) is 0 Å². The van der Waals surface area contributed by atoms with Crippen molar-refractivity contribution < 1.29 is 4.79 Å². The van der Waals surface area contributed by atoms with E-state index in [0.717, 1.165) is 4.88 Å². The van der Waals surface area contributed by atoms with E-state index in [2.05, 4.69) is 0 Å². The number of benzene rings is 1. The van der Waals surface area contributed by atoms with Gasteiger partial charge >= 0.3 is 0 Å². The Hall–Kier alpha value is -1.23. The molecule has 0 spiro atoms. The Morgan fingerprint density at radius 1 is 1.32 bits per heavy atom. The Morgan fingerprint density at radius 3 is 2.68 bits per heavy atom.